The topological polar surface area (TPSA) is 12.4 Å². The minimum Gasteiger partial charge on any atom is -0.266 e. The molecule has 0 radical (unpaired) electrons. The van der Waals surface area contributed by atoms with Gasteiger partial charge in [0.2, 0.25) is 0 Å². The number of aliphatic imine (C=N–C) groups is 1. The third-order valence-electron chi connectivity index (χ3n) is 2.26. The molecule has 0 aromatic rings. The zero-order valence-corrected chi connectivity index (χ0v) is 7.56. The molecule has 0 saturated carbocycles. The first-order chi connectivity index (χ1) is 5.38. The SMILES string of the molecule is CC=NC1=C(CC)CCCC1. The number of rotatable bonds is 2. The molecule has 11 heavy (non-hydrogen) atoms. The molecular formula is C10H17N. The molecule has 1 aliphatic carbocycles. The monoisotopic (exact) mass is 151 g/mol. The van der Waals surface area contributed by atoms with E-state index in [1.165, 1.54) is 37.8 Å². The second-order valence-corrected chi connectivity index (χ2v) is 3.00. The van der Waals surface area contributed by atoms with Gasteiger partial charge in [0.25, 0.3) is 0 Å². The van der Waals surface area contributed by atoms with Gasteiger partial charge in [0.15, 0.2) is 0 Å². The van der Waals surface area contributed by atoms with E-state index < -0.39 is 0 Å². The van der Waals surface area contributed by atoms with Gasteiger partial charge in [-0.2, -0.15) is 0 Å². The van der Waals surface area contributed by atoms with Gasteiger partial charge in [-0.25, -0.2) is 0 Å². The van der Waals surface area contributed by atoms with Crippen LogP contribution >= 0.6 is 0 Å². The Morgan fingerprint density at radius 1 is 1.36 bits per heavy atom. The van der Waals surface area contributed by atoms with Crippen molar-refractivity contribution in [3.8, 4) is 0 Å². The van der Waals surface area contributed by atoms with Crippen LogP contribution in [-0.2, 0) is 0 Å². The first kappa shape index (κ1) is 8.51. The molecule has 0 aromatic carbocycles. The van der Waals surface area contributed by atoms with Crippen LogP contribution < -0.4 is 0 Å². The number of hydrogen-bond donors (Lipinski definition) is 0. The average molecular weight is 151 g/mol. The molecule has 1 aliphatic rings. The highest BCUT2D eigenvalue weighted by atomic mass is 14.7. The van der Waals surface area contributed by atoms with Gasteiger partial charge in [0.05, 0.1) is 0 Å². The van der Waals surface area contributed by atoms with Crippen molar-refractivity contribution in [2.45, 2.75) is 46.0 Å². The number of allylic oxidation sites excluding steroid dienone is 2. The van der Waals surface area contributed by atoms with E-state index in [0.29, 0.717) is 0 Å². The number of nitrogens with zero attached hydrogens (tertiary/aromatic N) is 1. The summed E-state index contributed by atoms with van der Waals surface area (Å²) in [7, 11) is 0. The van der Waals surface area contributed by atoms with Crippen LogP contribution in [0, 0.1) is 0 Å². The van der Waals surface area contributed by atoms with Crippen molar-refractivity contribution in [1.29, 1.82) is 0 Å². The highest BCUT2D eigenvalue weighted by Gasteiger charge is 2.08. The Labute approximate surface area is 69.2 Å². The lowest BCUT2D eigenvalue weighted by Crippen LogP contribution is -1.97. The third kappa shape index (κ3) is 2.18. The molecule has 62 valence electrons. The second-order valence-electron chi connectivity index (χ2n) is 3.00. The Hall–Kier alpha value is -0.590. The van der Waals surface area contributed by atoms with Crippen molar-refractivity contribution in [2.24, 2.45) is 4.99 Å². The minimum absolute atomic E-state index is 1.19. The molecule has 0 bridgehead atoms. The van der Waals surface area contributed by atoms with Crippen LogP contribution in [0.5, 0.6) is 0 Å². The number of hydrogen-bond acceptors (Lipinski definition) is 1. The summed E-state index contributed by atoms with van der Waals surface area (Å²) in [6.45, 7) is 4.22. The fourth-order valence-corrected chi connectivity index (χ4v) is 1.64. The Kier molecular flexibility index (Phi) is 3.34. The van der Waals surface area contributed by atoms with E-state index in [-0.39, 0.29) is 0 Å². The van der Waals surface area contributed by atoms with Crippen molar-refractivity contribution in [1.82, 2.24) is 0 Å². The molecule has 0 amide bonds. The smallest absolute Gasteiger partial charge is 0.0391 e. The largest absolute Gasteiger partial charge is 0.266 e. The normalized spacial score (nSPS) is 19.8. The first-order valence-corrected chi connectivity index (χ1v) is 4.58. The van der Waals surface area contributed by atoms with Crippen molar-refractivity contribution in [3.05, 3.63) is 11.3 Å². The van der Waals surface area contributed by atoms with Crippen LogP contribution in [0.4, 0.5) is 0 Å². The summed E-state index contributed by atoms with van der Waals surface area (Å²) < 4.78 is 0. The van der Waals surface area contributed by atoms with Gasteiger partial charge in [-0.1, -0.05) is 6.92 Å². The molecule has 0 atom stereocenters. The Morgan fingerprint density at radius 2 is 2.09 bits per heavy atom. The summed E-state index contributed by atoms with van der Waals surface area (Å²) >= 11 is 0. The summed E-state index contributed by atoms with van der Waals surface area (Å²) in [5.41, 5.74) is 2.94. The molecule has 0 saturated heterocycles. The van der Waals surface area contributed by atoms with Crippen LogP contribution in [-0.4, -0.2) is 6.21 Å². The van der Waals surface area contributed by atoms with Gasteiger partial charge in [-0.15, -0.1) is 0 Å². The summed E-state index contributed by atoms with van der Waals surface area (Å²) in [4.78, 5) is 4.39. The maximum absolute atomic E-state index is 4.39. The van der Waals surface area contributed by atoms with Crippen molar-refractivity contribution in [3.63, 3.8) is 0 Å². The maximum Gasteiger partial charge on any atom is 0.0391 e. The Morgan fingerprint density at radius 3 is 2.73 bits per heavy atom. The lowest BCUT2D eigenvalue weighted by molar-refractivity contribution is 0.651. The molecule has 0 heterocycles. The van der Waals surface area contributed by atoms with E-state index in [1.807, 2.05) is 13.1 Å². The van der Waals surface area contributed by atoms with E-state index in [9.17, 15) is 0 Å². The Balaban J connectivity index is 2.72. The van der Waals surface area contributed by atoms with Gasteiger partial charge >= 0.3 is 0 Å². The first-order valence-electron chi connectivity index (χ1n) is 4.58. The van der Waals surface area contributed by atoms with Gasteiger partial charge in [-0.3, -0.25) is 4.99 Å². The summed E-state index contributed by atoms with van der Waals surface area (Å²) in [5.74, 6) is 0. The fraction of sp³-hybridized carbons (Fsp3) is 0.700. The zero-order chi connectivity index (χ0) is 8.10. The van der Waals surface area contributed by atoms with Crippen molar-refractivity contribution in [2.75, 3.05) is 0 Å². The van der Waals surface area contributed by atoms with Crippen LogP contribution in [0.15, 0.2) is 16.3 Å². The summed E-state index contributed by atoms with van der Waals surface area (Å²) in [6, 6.07) is 0. The van der Waals surface area contributed by atoms with E-state index >= 15 is 0 Å². The fourth-order valence-electron chi connectivity index (χ4n) is 1.64. The molecule has 1 nitrogen and oxygen atoms in total. The minimum atomic E-state index is 1.19. The van der Waals surface area contributed by atoms with Crippen LogP contribution in [0.2, 0.25) is 0 Å². The van der Waals surface area contributed by atoms with Gasteiger partial charge in [-0.05, 0) is 44.6 Å². The lowest BCUT2D eigenvalue weighted by atomic mass is 9.95. The average Bonchev–Trinajstić information content (AvgIpc) is 2.06. The third-order valence-corrected chi connectivity index (χ3v) is 2.26. The van der Waals surface area contributed by atoms with Gasteiger partial charge < -0.3 is 0 Å². The molecule has 0 fully saturated rings. The van der Waals surface area contributed by atoms with Crippen LogP contribution in [0.1, 0.15) is 46.0 Å². The molecule has 0 spiro atoms. The molecule has 1 heteroatoms. The lowest BCUT2D eigenvalue weighted by Gasteiger charge is -2.15. The maximum atomic E-state index is 4.39. The predicted octanol–water partition coefficient (Wildman–Crippen LogP) is 3.32. The van der Waals surface area contributed by atoms with Gasteiger partial charge in [0.1, 0.15) is 0 Å². The van der Waals surface area contributed by atoms with Crippen molar-refractivity contribution < 1.29 is 0 Å². The van der Waals surface area contributed by atoms with E-state index in [4.69, 9.17) is 0 Å². The summed E-state index contributed by atoms with van der Waals surface area (Å²) in [5, 5.41) is 0. The molecule has 1 rings (SSSR count). The second kappa shape index (κ2) is 4.32. The zero-order valence-electron chi connectivity index (χ0n) is 7.56. The molecule has 0 N–H and O–H groups in total. The quantitative estimate of drug-likeness (QED) is 0.537. The predicted molar refractivity (Wildman–Crippen MR) is 50.0 cm³/mol. The standard InChI is InChI=1S/C10H17N/c1-3-9-7-5-6-8-10(9)11-4-2/h4H,3,5-8H2,1-2H3. The highest BCUT2D eigenvalue weighted by Crippen LogP contribution is 2.27. The molecule has 0 aromatic heterocycles. The highest BCUT2D eigenvalue weighted by molar-refractivity contribution is 5.55. The van der Waals surface area contributed by atoms with Gasteiger partial charge in [0, 0.05) is 11.9 Å². The van der Waals surface area contributed by atoms with Crippen molar-refractivity contribution >= 4 is 6.21 Å². The van der Waals surface area contributed by atoms with Crippen LogP contribution in [0.25, 0.3) is 0 Å². The van der Waals surface area contributed by atoms with E-state index in [2.05, 4.69) is 11.9 Å². The van der Waals surface area contributed by atoms with E-state index in [0.717, 1.165) is 0 Å². The van der Waals surface area contributed by atoms with Crippen LogP contribution in [0.3, 0.4) is 0 Å². The molecular weight excluding hydrogens is 134 g/mol. The summed E-state index contributed by atoms with van der Waals surface area (Å²) in [6.07, 6.45) is 8.28. The molecule has 0 unspecified atom stereocenters. The van der Waals surface area contributed by atoms with E-state index in [1.54, 1.807) is 5.57 Å². The Bertz CT molecular complexity index is 177. The molecule has 0 aliphatic heterocycles.